The maximum atomic E-state index is 11.6. The Morgan fingerprint density at radius 2 is 1.71 bits per heavy atom. The lowest BCUT2D eigenvalue weighted by atomic mass is 9.90. The van der Waals surface area contributed by atoms with Crippen LogP contribution in [0.4, 0.5) is 0 Å². The van der Waals surface area contributed by atoms with Crippen molar-refractivity contribution >= 4 is 23.2 Å². The number of ether oxygens (including phenoxy) is 1. The molecule has 2 aliphatic rings. The van der Waals surface area contributed by atoms with Gasteiger partial charge in [-0.05, 0) is 18.2 Å². The molecule has 0 amide bonds. The summed E-state index contributed by atoms with van der Waals surface area (Å²) in [6.45, 7) is 0. The lowest BCUT2D eigenvalue weighted by Crippen LogP contribution is -2.25. The van der Waals surface area contributed by atoms with E-state index in [-0.39, 0.29) is 11.6 Å². The minimum atomic E-state index is -0.548. The van der Waals surface area contributed by atoms with Gasteiger partial charge in [0.1, 0.15) is 0 Å². The first kappa shape index (κ1) is 8.15. The molecule has 0 spiro atoms. The predicted molar refractivity (Wildman–Crippen MR) is 48.8 cm³/mol. The van der Waals surface area contributed by atoms with Crippen LogP contribution >= 0.6 is 11.6 Å². The first-order valence-electron chi connectivity index (χ1n) is 4.22. The molecule has 2 atom stereocenters. The molecular formula is C10H5ClO3. The van der Waals surface area contributed by atoms with Crippen LogP contribution in [0.5, 0.6) is 0 Å². The normalized spacial score (nSPS) is 28.4. The molecule has 14 heavy (non-hydrogen) atoms. The number of halogens is 1. The lowest BCUT2D eigenvalue weighted by molar-refractivity contribution is 0.0922. The molecule has 0 N–H and O–H groups in total. The highest BCUT2D eigenvalue weighted by molar-refractivity contribution is 6.32. The number of ketones is 2. The van der Waals surface area contributed by atoms with Crippen LogP contribution in [0.3, 0.4) is 0 Å². The summed E-state index contributed by atoms with van der Waals surface area (Å²) in [4.78, 5) is 23.2. The number of rotatable bonds is 0. The fraction of sp³-hybridized carbons (Fsp3) is 0.200. The van der Waals surface area contributed by atoms with Crippen molar-refractivity contribution in [1.82, 2.24) is 0 Å². The summed E-state index contributed by atoms with van der Waals surface area (Å²) in [6, 6.07) is 4.71. The van der Waals surface area contributed by atoms with E-state index in [1.54, 1.807) is 12.1 Å². The van der Waals surface area contributed by atoms with Crippen molar-refractivity contribution in [2.45, 2.75) is 12.2 Å². The Hall–Kier alpha value is -1.19. The standard InChI is InChI=1S/C10H5ClO3/c11-4-1-2-5-6(3-4)8(13)10-9(14-10)7(5)12/h1-3,9-10H. The monoisotopic (exact) mass is 208 g/mol. The third-order valence-electron chi connectivity index (χ3n) is 2.52. The Labute approximate surface area is 84.6 Å². The van der Waals surface area contributed by atoms with Crippen LogP contribution in [0.15, 0.2) is 18.2 Å². The Morgan fingerprint density at radius 1 is 1.07 bits per heavy atom. The fourth-order valence-corrected chi connectivity index (χ4v) is 1.92. The molecule has 3 nitrogen and oxygen atoms in total. The SMILES string of the molecule is O=C1c2ccc(Cl)cc2C(=O)C2OC12. The smallest absolute Gasteiger partial charge is 0.195 e. The summed E-state index contributed by atoms with van der Waals surface area (Å²) in [6.07, 6.45) is -1.08. The first-order chi connectivity index (χ1) is 6.68. The number of hydrogen-bond acceptors (Lipinski definition) is 3. The number of fused-ring (bicyclic) bond motifs is 2. The van der Waals surface area contributed by atoms with E-state index in [0.717, 1.165) is 0 Å². The van der Waals surface area contributed by atoms with E-state index in [4.69, 9.17) is 16.3 Å². The summed E-state index contributed by atoms with van der Waals surface area (Å²) in [7, 11) is 0. The molecular weight excluding hydrogens is 204 g/mol. The van der Waals surface area contributed by atoms with Crippen LogP contribution in [-0.2, 0) is 4.74 Å². The Bertz CT molecular complexity index is 466. The highest BCUT2D eigenvalue weighted by Gasteiger charge is 2.55. The fourth-order valence-electron chi connectivity index (χ4n) is 1.75. The summed E-state index contributed by atoms with van der Waals surface area (Å²) < 4.78 is 4.98. The Kier molecular flexibility index (Phi) is 1.42. The largest absolute Gasteiger partial charge is 0.352 e. The molecule has 3 rings (SSSR count). The maximum absolute atomic E-state index is 11.6. The van der Waals surface area contributed by atoms with E-state index in [9.17, 15) is 9.59 Å². The van der Waals surface area contributed by atoms with Crippen molar-refractivity contribution in [3.05, 3.63) is 34.3 Å². The van der Waals surface area contributed by atoms with Crippen LogP contribution in [0, 0.1) is 0 Å². The van der Waals surface area contributed by atoms with Gasteiger partial charge < -0.3 is 4.74 Å². The van der Waals surface area contributed by atoms with Crippen LogP contribution in [0.25, 0.3) is 0 Å². The van der Waals surface area contributed by atoms with Crippen molar-refractivity contribution in [2.24, 2.45) is 0 Å². The topological polar surface area (TPSA) is 46.7 Å². The van der Waals surface area contributed by atoms with Gasteiger partial charge in [0.15, 0.2) is 23.8 Å². The van der Waals surface area contributed by atoms with Gasteiger partial charge in [-0.2, -0.15) is 0 Å². The molecule has 2 unspecified atom stereocenters. The Morgan fingerprint density at radius 3 is 2.43 bits per heavy atom. The summed E-state index contributed by atoms with van der Waals surface area (Å²) in [5.74, 6) is -0.242. The molecule has 70 valence electrons. The second kappa shape index (κ2) is 2.43. The van der Waals surface area contributed by atoms with E-state index in [0.29, 0.717) is 16.1 Å². The van der Waals surface area contributed by atoms with Crippen LogP contribution < -0.4 is 0 Å². The Balaban J connectivity index is 2.24. The molecule has 1 aliphatic heterocycles. The van der Waals surface area contributed by atoms with Gasteiger partial charge in [0.2, 0.25) is 0 Å². The number of Topliss-reactive ketones (excluding diaryl/α,β-unsaturated/α-hetero) is 2. The summed E-state index contributed by atoms with van der Waals surface area (Å²) in [5.41, 5.74) is 0.819. The molecule has 0 aromatic heterocycles. The number of epoxide rings is 1. The van der Waals surface area contributed by atoms with Crippen LogP contribution in [0.2, 0.25) is 5.02 Å². The molecule has 1 aromatic rings. The number of carbonyl (C=O) groups is 2. The highest BCUT2D eigenvalue weighted by atomic mass is 35.5. The molecule has 0 radical (unpaired) electrons. The molecule has 1 saturated heterocycles. The zero-order valence-electron chi connectivity index (χ0n) is 6.99. The third kappa shape index (κ3) is 0.910. The first-order valence-corrected chi connectivity index (χ1v) is 4.60. The molecule has 1 aliphatic carbocycles. The minimum absolute atomic E-state index is 0.110. The predicted octanol–water partition coefficient (Wildman–Crippen LogP) is 1.49. The molecule has 1 heterocycles. The van der Waals surface area contributed by atoms with Crippen molar-refractivity contribution in [2.75, 3.05) is 0 Å². The molecule has 1 aromatic carbocycles. The van der Waals surface area contributed by atoms with E-state index in [2.05, 4.69) is 0 Å². The second-order valence-electron chi connectivity index (χ2n) is 3.40. The highest BCUT2D eigenvalue weighted by Crippen LogP contribution is 2.36. The minimum Gasteiger partial charge on any atom is -0.352 e. The van der Waals surface area contributed by atoms with Gasteiger partial charge in [0.05, 0.1) is 0 Å². The van der Waals surface area contributed by atoms with Crippen molar-refractivity contribution in [3.63, 3.8) is 0 Å². The van der Waals surface area contributed by atoms with Gasteiger partial charge >= 0.3 is 0 Å². The van der Waals surface area contributed by atoms with E-state index in [1.165, 1.54) is 6.07 Å². The maximum Gasteiger partial charge on any atom is 0.195 e. The third-order valence-corrected chi connectivity index (χ3v) is 2.76. The van der Waals surface area contributed by atoms with Gasteiger partial charge in [-0.3, -0.25) is 9.59 Å². The number of hydrogen-bond donors (Lipinski definition) is 0. The van der Waals surface area contributed by atoms with Crippen LogP contribution in [0.1, 0.15) is 20.7 Å². The van der Waals surface area contributed by atoms with Gasteiger partial charge in [-0.25, -0.2) is 0 Å². The molecule has 0 bridgehead atoms. The van der Waals surface area contributed by atoms with E-state index >= 15 is 0 Å². The molecule has 4 heteroatoms. The quantitative estimate of drug-likeness (QED) is 0.607. The number of benzene rings is 1. The van der Waals surface area contributed by atoms with Gasteiger partial charge in [0.25, 0.3) is 0 Å². The molecule has 1 fully saturated rings. The average molecular weight is 209 g/mol. The summed E-state index contributed by atoms with van der Waals surface area (Å²) >= 11 is 5.75. The zero-order valence-corrected chi connectivity index (χ0v) is 7.75. The summed E-state index contributed by atoms with van der Waals surface area (Å²) in [5, 5.41) is 0.462. The number of carbonyl (C=O) groups excluding carboxylic acids is 2. The van der Waals surface area contributed by atoms with Gasteiger partial charge in [0, 0.05) is 16.1 Å². The van der Waals surface area contributed by atoms with E-state index in [1.807, 2.05) is 0 Å². The average Bonchev–Trinajstić information content (AvgIpc) is 2.94. The van der Waals surface area contributed by atoms with Crippen LogP contribution in [-0.4, -0.2) is 23.8 Å². The van der Waals surface area contributed by atoms with E-state index < -0.39 is 12.2 Å². The second-order valence-corrected chi connectivity index (χ2v) is 3.83. The zero-order chi connectivity index (χ0) is 9.87. The van der Waals surface area contributed by atoms with Crippen molar-refractivity contribution < 1.29 is 14.3 Å². The van der Waals surface area contributed by atoms with Gasteiger partial charge in [-0.15, -0.1) is 0 Å². The van der Waals surface area contributed by atoms with Gasteiger partial charge in [-0.1, -0.05) is 11.6 Å². The molecule has 0 saturated carbocycles. The van der Waals surface area contributed by atoms with Crippen molar-refractivity contribution in [3.8, 4) is 0 Å². The lowest BCUT2D eigenvalue weighted by Gasteiger charge is -2.09. The van der Waals surface area contributed by atoms with Crippen molar-refractivity contribution in [1.29, 1.82) is 0 Å².